The first-order valence-electron chi connectivity index (χ1n) is 11.6. The lowest BCUT2D eigenvalue weighted by molar-refractivity contribution is -0.148. The summed E-state index contributed by atoms with van der Waals surface area (Å²) >= 11 is 0. The Balaban J connectivity index is 1.39. The van der Waals surface area contributed by atoms with Crippen LogP contribution in [0.3, 0.4) is 0 Å². The van der Waals surface area contributed by atoms with Gasteiger partial charge in [-0.1, -0.05) is 18.2 Å². The Morgan fingerprint density at radius 3 is 2.65 bits per heavy atom. The molecule has 0 aliphatic carbocycles. The van der Waals surface area contributed by atoms with Crippen LogP contribution in [0.15, 0.2) is 54.9 Å². The molecule has 3 aromatic heterocycles. The fraction of sp³-hybridized carbons (Fsp3) is 0.269. The second-order valence-corrected chi connectivity index (χ2v) is 8.32. The third-order valence-electron chi connectivity index (χ3n) is 5.78. The van der Waals surface area contributed by atoms with Crippen LogP contribution < -0.4 is 5.32 Å². The minimum absolute atomic E-state index is 0.0702. The maximum Gasteiger partial charge on any atom is 0.307 e. The normalized spacial score (nSPS) is 10.9. The SMILES string of the molecule is COC(=O)CCCC(=O)OCn1cc(-c2ccc3cc(C(=O)NCc4ccccc4F)n(C)c3n2)cn1. The molecular weight excluding hydrogens is 481 g/mol. The molecule has 4 rings (SSSR count). The number of nitrogens with zero attached hydrogens (tertiary/aromatic N) is 4. The molecule has 0 atom stereocenters. The van der Waals surface area contributed by atoms with Gasteiger partial charge in [0, 0.05) is 49.1 Å². The topological polar surface area (TPSA) is 117 Å². The Morgan fingerprint density at radius 2 is 1.86 bits per heavy atom. The zero-order chi connectivity index (χ0) is 26.4. The number of aryl methyl sites for hydroxylation is 1. The van der Waals surface area contributed by atoms with Crippen LogP contribution in [0, 0.1) is 5.82 Å². The van der Waals surface area contributed by atoms with Gasteiger partial charge >= 0.3 is 11.9 Å². The van der Waals surface area contributed by atoms with Gasteiger partial charge in [0.2, 0.25) is 0 Å². The van der Waals surface area contributed by atoms with E-state index in [2.05, 4.69) is 20.1 Å². The minimum Gasteiger partial charge on any atom is -0.469 e. The fourth-order valence-corrected chi connectivity index (χ4v) is 3.74. The summed E-state index contributed by atoms with van der Waals surface area (Å²) < 4.78 is 26.7. The van der Waals surface area contributed by atoms with Crippen molar-refractivity contribution in [3.8, 4) is 11.3 Å². The van der Waals surface area contributed by atoms with Crippen molar-refractivity contribution in [3.63, 3.8) is 0 Å². The minimum atomic E-state index is -0.440. The number of benzene rings is 1. The summed E-state index contributed by atoms with van der Waals surface area (Å²) in [5.41, 5.74) is 2.72. The van der Waals surface area contributed by atoms with Crippen molar-refractivity contribution in [2.75, 3.05) is 7.11 Å². The Kier molecular flexibility index (Phi) is 7.92. The van der Waals surface area contributed by atoms with E-state index in [9.17, 15) is 18.8 Å². The van der Waals surface area contributed by atoms with Crippen LogP contribution in [0.25, 0.3) is 22.3 Å². The van der Waals surface area contributed by atoms with E-state index in [1.54, 1.807) is 48.3 Å². The summed E-state index contributed by atoms with van der Waals surface area (Å²) in [7, 11) is 3.03. The van der Waals surface area contributed by atoms with Crippen molar-refractivity contribution < 1.29 is 28.2 Å². The van der Waals surface area contributed by atoms with Crippen molar-refractivity contribution in [2.45, 2.75) is 32.5 Å². The summed E-state index contributed by atoms with van der Waals surface area (Å²) in [5, 5.41) is 7.73. The van der Waals surface area contributed by atoms with Gasteiger partial charge in [-0.15, -0.1) is 0 Å². The van der Waals surface area contributed by atoms with Crippen LogP contribution >= 0.6 is 0 Å². The van der Waals surface area contributed by atoms with Crippen LogP contribution in [0.1, 0.15) is 35.3 Å². The van der Waals surface area contributed by atoms with Crippen molar-refractivity contribution >= 4 is 28.9 Å². The highest BCUT2D eigenvalue weighted by Gasteiger charge is 2.16. The van der Waals surface area contributed by atoms with E-state index in [0.29, 0.717) is 34.6 Å². The number of pyridine rings is 1. The number of aromatic nitrogens is 4. The highest BCUT2D eigenvalue weighted by atomic mass is 19.1. The van der Waals surface area contributed by atoms with Crippen LogP contribution in [-0.4, -0.2) is 44.3 Å². The van der Waals surface area contributed by atoms with Crippen molar-refractivity contribution in [1.82, 2.24) is 24.6 Å². The van der Waals surface area contributed by atoms with Gasteiger partial charge in [0.25, 0.3) is 5.91 Å². The van der Waals surface area contributed by atoms with Gasteiger partial charge in [0.15, 0.2) is 6.73 Å². The highest BCUT2D eigenvalue weighted by molar-refractivity contribution is 5.98. The first-order chi connectivity index (χ1) is 17.9. The van der Waals surface area contributed by atoms with E-state index < -0.39 is 5.97 Å². The van der Waals surface area contributed by atoms with Crippen LogP contribution in [0.2, 0.25) is 0 Å². The van der Waals surface area contributed by atoms with Gasteiger partial charge in [0.05, 0.1) is 19.0 Å². The number of hydrogen-bond acceptors (Lipinski definition) is 7. The molecule has 0 saturated carbocycles. The smallest absolute Gasteiger partial charge is 0.307 e. The van der Waals surface area contributed by atoms with Crippen molar-refractivity contribution in [1.29, 1.82) is 0 Å². The quantitative estimate of drug-likeness (QED) is 0.327. The molecule has 0 radical (unpaired) electrons. The second kappa shape index (κ2) is 11.5. The summed E-state index contributed by atoms with van der Waals surface area (Å²) in [6.07, 6.45) is 3.90. The van der Waals surface area contributed by atoms with Crippen molar-refractivity contribution in [2.24, 2.45) is 7.05 Å². The first kappa shape index (κ1) is 25.5. The van der Waals surface area contributed by atoms with Crippen LogP contribution in [0.5, 0.6) is 0 Å². The first-order valence-corrected chi connectivity index (χ1v) is 11.6. The molecular formula is C26H26FN5O5. The van der Waals surface area contributed by atoms with E-state index in [0.717, 1.165) is 5.39 Å². The number of hydrogen-bond donors (Lipinski definition) is 1. The lowest BCUT2D eigenvalue weighted by atomic mass is 10.2. The monoisotopic (exact) mass is 507 g/mol. The highest BCUT2D eigenvalue weighted by Crippen LogP contribution is 2.23. The molecule has 1 amide bonds. The van der Waals surface area contributed by atoms with Gasteiger partial charge in [-0.3, -0.25) is 14.4 Å². The molecule has 0 aliphatic heterocycles. The van der Waals surface area contributed by atoms with E-state index in [1.165, 1.54) is 17.9 Å². The average molecular weight is 508 g/mol. The summed E-state index contributed by atoms with van der Waals surface area (Å²) in [6, 6.07) is 11.7. The molecule has 1 aromatic carbocycles. The molecule has 0 unspecified atom stereocenters. The maximum atomic E-state index is 13.9. The molecule has 11 heteroatoms. The summed E-state index contributed by atoms with van der Waals surface area (Å²) in [5.74, 6) is -1.53. The number of esters is 2. The number of carbonyl (C=O) groups excluding carboxylic acids is 3. The van der Waals surface area contributed by atoms with Gasteiger partial charge in [-0.2, -0.15) is 5.10 Å². The van der Waals surface area contributed by atoms with Gasteiger partial charge in [-0.05, 0) is 30.7 Å². The number of nitrogens with one attached hydrogen (secondary N) is 1. The third kappa shape index (κ3) is 6.18. The van der Waals surface area contributed by atoms with Gasteiger partial charge < -0.3 is 19.4 Å². The predicted octanol–water partition coefficient (Wildman–Crippen LogP) is 3.35. The second-order valence-electron chi connectivity index (χ2n) is 8.32. The zero-order valence-corrected chi connectivity index (χ0v) is 20.4. The number of carbonyl (C=O) groups is 3. The molecule has 0 saturated heterocycles. The number of amides is 1. The summed E-state index contributed by atoms with van der Waals surface area (Å²) in [6.45, 7) is -0.00344. The Hall–Kier alpha value is -4.54. The number of ether oxygens (including phenoxy) is 2. The molecule has 0 aliphatic rings. The van der Waals surface area contributed by atoms with Crippen molar-refractivity contribution in [3.05, 3.63) is 71.9 Å². The molecule has 0 fully saturated rings. The molecule has 37 heavy (non-hydrogen) atoms. The van der Waals surface area contributed by atoms with E-state index in [4.69, 9.17) is 4.74 Å². The molecule has 192 valence electrons. The summed E-state index contributed by atoms with van der Waals surface area (Å²) in [4.78, 5) is 40.4. The van der Waals surface area contributed by atoms with E-state index in [1.807, 2.05) is 12.1 Å². The number of methoxy groups -OCH3 is 1. The molecule has 1 N–H and O–H groups in total. The van der Waals surface area contributed by atoms with Crippen LogP contribution in [-0.2, 0) is 39.4 Å². The number of halogens is 1. The molecule has 0 bridgehead atoms. The zero-order valence-electron chi connectivity index (χ0n) is 20.4. The maximum absolute atomic E-state index is 13.9. The lowest BCUT2D eigenvalue weighted by Gasteiger charge is -2.07. The van der Waals surface area contributed by atoms with E-state index >= 15 is 0 Å². The Labute approximate surface area is 212 Å². The largest absolute Gasteiger partial charge is 0.469 e. The lowest BCUT2D eigenvalue weighted by Crippen LogP contribution is -2.25. The fourth-order valence-electron chi connectivity index (χ4n) is 3.74. The Morgan fingerprint density at radius 1 is 1.08 bits per heavy atom. The van der Waals surface area contributed by atoms with Crippen LogP contribution in [0.4, 0.5) is 4.39 Å². The molecule has 4 aromatic rings. The average Bonchev–Trinajstić information content (AvgIpc) is 3.51. The van der Waals surface area contributed by atoms with Gasteiger partial charge in [0.1, 0.15) is 17.2 Å². The third-order valence-corrected chi connectivity index (χ3v) is 5.78. The Bertz CT molecular complexity index is 1440. The standard InChI is InChI=1S/C26H26FN5O5/c1-31-22(26(35)28-13-18-6-3-4-7-20(18)27)12-17-10-11-21(30-25(17)31)19-14-29-32(15-19)16-37-24(34)9-5-8-23(33)36-2/h3-4,6-7,10-12,14-15H,5,8-9,13,16H2,1-2H3,(H,28,35). The van der Waals surface area contributed by atoms with Gasteiger partial charge in [-0.25, -0.2) is 14.1 Å². The predicted molar refractivity (Wildman–Crippen MR) is 131 cm³/mol. The molecule has 0 spiro atoms. The van der Waals surface area contributed by atoms with E-state index in [-0.39, 0.29) is 43.8 Å². The number of fused-ring (bicyclic) bond motifs is 1. The molecule has 10 nitrogen and oxygen atoms in total. The number of rotatable bonds is 10. The molecule has 3 heterocycles.